The van der Waals surface area contributed by atoms with Gasteiger partial charge in [0.2, 0.25) is 10.1 Å². The monoisotopic (exact) mass is 364 g/mol. The number of nitrogens with zero attached hydrogens (tertiary/aromatic N) is 3. The summed E-state index contributed by atoms with van der Waals surface area (Å²) in [7, 11) is 0. The third kappa shape index (κ3) is 3.42. The van der Waals surface area contributed by atoms with Gasteiger partial charge >= 0.3 is 12.3 Å². The second-order valence-corrected chi connectivity index (χ2v) is 8.06. The van der Waals surface area contributed by atoms with Crippen molar-refractivity contribution in [3.63, 3.8) is 0 Å². The molecular weight excluding hydrogens is 345 g/mol. The van der Waals surface area contributed by atoms with Crippen LogP contribution in [0.3, 0.4) is 0 Å². The third-order valence-corrected chi connectivity index (χ3v) is 5.02. The summed E-state index contributed by atoms with van der Waals surface area (Å²) >= 11 is 0.481. The largest absolute Gasteiger partial charge is 0.445 e. The van der Waals surface area contributed by atoms with Gasteiger partial charge < -0.3 is 15.0 Å². The number of alkyl halides is 3. The average Bonchev–Trinajstić information content (AvgIpc) is 3.08. The predicted molar refractivity (Wildman–Crippen MR) is 81.8 cm³/mol. The van der Waals surface area contributed by atoms with Crippen LogP contribution < -0.4 is 5.32 Å². The molecule has 0 radical (unpaired) electrons. The molecule has 1 aromatic rings. The summed E-state index contributed by atoms with van der Waals surface area (Å²) in [6.07, 6.45) is -2.51. The maximum Gasteiger partial charge on any atom is 0.445 e. The van der Waals surface area contributed by atoms with Gasteiger partial charge in [-0.25, -0.2) is 4.79 Å². The van der Waals surface area contributed by atoms with Crippen molar-refractivity contribution in [3.05, 3.63) is 5.01 Å². The summed E-state index contributed by atoms with van der Waals surface area (Å²) in [5, 5.41) is 8.89. The SMILES string of the molecule is CC(C)(C)OC(=O)N1[C@@H]2CC[C@H]1[C@H](Nc1nnc(C(F)(F)F)s1)C2. The van der Waals surface area contributed by atoms with Crippen LogP contribution in [0.1, 0.15) is 45.0 Å². The van der Waals surface area contributed by atoms with Crippen molar-refractivity contribution >= 4 is 22.6 Å². The molecule has 6 nitrogen and oxygen atoms in total. The number of carbonyl (C=O) groups excluding carboxylic acids is 1. The molecule has 3 atom stereocenters. The molecule has 0 unspecified atom stereocenters. The van der Waals surface area contributed by atoms with E-state index in [1.54, 1.807) is 25.7 Å². The first kappa shape index (κ1) is 17.2. The van der Waals surface area contributed by atoms with Crippen LogP contribution in [0.5, 0.6) is 0 Å². The van der Waals surface area contributed by atoms with E-state index < -0.39 is 16.8 Å². The fourth-order valence-corrected chi connectivity index (χ4v) is 3.97. The maximum absolute atomic E-state index is 12.6. The summed E-state index contributed by atoms with van der Waals surface area (Å²) < 4.78 is 43.2. The summed E-state index contributed by atoms with van der Waals surface area (Å²) in [4.78, 5) is 14.1. The smallest absolute Gasteiger partial charge is 0.444 e. The third-order valence-electron chi connectivity index (χ3n) is 4.12. The molecule has 1 aromatic heterocycles. The zero-order valence-electron chi connectivity index (χ0n) is 13.6. The fraction of sp³-hybridized carbons (Fsp3) is 0.786. The second-order valence-electron chi connectivity index (χ2n) is 7.08. The van der Waals surface area contributed by atoms with E-state index in [4.69, 9.17) is 4.74 Å². The van der Waals surface area contributed by atoms with Crippen LogP contribution >= 0.6 is 11.3 Å². The minimum atomic E-state index is -4.49. The number of carbonyl (C=O) groups is 1. The van der Waals surface area contributed by atoms with E-state index in [-0.39, 0.29) is 29.4 Å². The van der Waals surface area contributed by atoms with Gasteiger partial charge in [0.1, 0.15) is 5.60 Å². The van der Waals surface area contributed by atoms with Crippen LogP contribution in [0.25, 0.3) is 0 Å². The van der Waals surface area contributed by atoms with Crippen LogP contribution in [0.15, 0.2) is 0 Å². The number of fused-ring (bicyclic) bond motifs is 2. The van der Waals surface area contributed by atoms with Gasteiger partial charge in [-0.2, -0.15) is 13.2 Å². The van der Waals surface area contributed by atoms with Gasteiger partial charge in [-0.1, -0.05) is 11.3 Å². The number of ether oxygens (including phenoxy) is 1. The van der Waals surface area contributed by atoms with Gasteiger partial charge in [-0.3, -0.25) is 0 Å². The first-order valence-corrected chi connectivity index (χ1v) is 8.55. The first-order chi connectivity index (χ1) is 11.0. The number of nitrogens with one attached hydrogen (secondary N) is 1. The molecule has 2 fully saturated rings. The number of halogens is 3. The molecule has 3 heterocycles. The van der Waals surface area contributed by atoms with Gasteiger partial charge in [0.05, 0.1) is 12.1 Å². The Morgan fingerprint density at radius 1 is 1.29 bits per heavy atom. The van der Waals surface area contributed by atoms with E-state index in [9.17, 15) is 18.0 Å². The van der Waals surface area contributed by atoms with E-state index in [0.717, 1.165) is 12.8 Å². The number of hydrogen-bond acceptors (Lipinski definition) is 6. The number of aromatic nitrogens is 2. The minimum Gasteiger partial charge on any atom is -0.444 e. The number of amides is 1. The highest BCUT2D eigenvalue weighted by Gasteiger charge is 2.50. The lowest BCUT2D eigenvalue weighted by atomic mass is 9.96. The van der Waals surface area contributed by atoms with Gasteiger partial charge in [0.25, 0.3) is 0 Å². The molecule has 2 bridgehead atoms. The van der Waals surface area contributed by atoms with Crippen molar-refractivity contribution in [2.75, 3.05) is 5.32 Å². The van der Waals surface area contributed by atoms with E-state index in [1.165, 1.54) is 0 Å². The van der Waals surface area contributed by atoms with Crippen LogP contribution in [-0.4, -0.2) is 44.9 Å². The predicted octanol–water partition coefficient (Wildman–Crippen LogP) is 3.51. The molecule has 24 heavy (non-hydrogen) atoms. The lowest BCUT2D eigenvalue weighted by molar-refractivity contribution is -0.138. The molecule has 2 aliphatic rings. The average molecular weight is 364 g/mol. The normalized spacial score (nSPS) is 26.8. The van der Waals surface area contributed by atoms with E-state index in [1.807, 2.05) is 0 Å². The Kier molecular flexibility index (Phi) is 4.13. The fourth-order valence-electron chi connectivity index (χ4n) is 3.30. The molecule has 10 heteroatoms. The quantitative estimate of drug-likeness (QED) is 0.870. The maximum atomic E-state index is 12.6. The van der Waals surface area contributed by atoms with Crippen LogP contribution in [0, 0.1) is 0 Å². The summed E-state index contributed by atoms with van der Waals surface area (Å²) in [6, 6.07) is -0.175. The molecule has 0 aliphatic carbocycles. The van der Waals surface area contributed by atoms with Crippen molar-refractivity contribution in [2.45, 2.75) is 69.9 Å². The lowest BCUT2D eigenvalue weighted by Gasteiger charge is -2.28. The number of hydrogen-bond donors (Lipinski definition) is 1. The Balaban J connectivity index is 1.67. The molecule has 2 saturated heterocycles. The topological polar surface area (TPSA) is 67.3 Å². The van der Waals surface area contributed by atoms with Crippen LogP contribution in [0.2, 0.25) is 0 Å². The Morgan fingerprint density at radius 2 is 2.00 bits per heavy atom. The van der Waals surface area contributed by atoms with Crippen molar-refractivity contribution in [1.29, 1.82) is 0 Å². The Hall–Kier alpha value is -1.58. The van der Waals surface area contributed by atoms with E-state index >= 15 is 0 Å². The molecular formula is C14H19F3N4O2S. The van der Waals surface area contributed by atoms with Crippen LogP contribution in [-0.2, 0) is 10.9 Å². The van der Waals surface area contributed by atoms with Gasteiger partial charge in [0.15, 0.2) is 0 Å². The highest BCUT2D eigenvalue weighted by atomic mass is 32.1. The standard InChI is InChI=1S/C14H19F3N4O2S/c1-13(2,3)23-12(22)21-7-4-5-9(21)8(6-7)18-11-20-19-10(24-11)14(15,16)17/h7-9H,4-6H2,1-3H3,(H,18,20)/t7-,8-,9+/m1/s1. The van der Waals surface area contributed by atoms with Crippen molar-refractivity contribution < 1.29 is 22.7 Å². The van der Waals surface area contributed by atoms with E-state index in [0.29, 0.717) is 17.8 Å². The highest BCUT2D eigenvalue weighted by Crippen LogP contribution is 2.41. The van der Waals surface area contributed by atoms with Crippen molar-refractivity contribution in [3.8, 4) is 0 Å². The molecule has 134 valence electrons. The summed E-state index contributed by atoms with van der Waals surface area (Å²) in [5.41, 5.74) is -0.580. The summed E-state index contributed by atoms with van der Waals surface area (Å²) in [5.74, 6) is 0. The van der Waals surface area contributed by atoms with Gasteiger partial charge in [-0.05, 0) is 40.0 Å². The Bertz CT molecular complexity index is 628. The van der Waals surface area contributed by atoms with Crippen molar-refractivity contribution in [2.24, 2.45) is 0 Å². The first-order valence-electron chi connectivity index (χ1n) is 7.73. The summed E-state index contributed by atoms with van der Waals surface area (Å²) in [6.45, 7) is 5.41. The molecule has 2 aliphatic heterocycles. The van der Waals surface area contributed by atoms with Crippen molar-refractivity contribution in [1.82, 2.24) is 15.1 Å². The molecule has 1 N–H and O–H groups in total. The molecule has 3 rings (SSSR count). The van der Waals surface area contributed by atoms with Gasteiger partial charge in [-0.15, -0.1) is 10.2 Å². The molecule has 0 saturated carbocycles. The zero-order chi connectivity index (χ0) is 17.7. The zero-order valence-corrected chi connectivity index (χ0v) is 14.4. The number of anilines is 1. The Labute approximate surface area is 141 Å². The Morgan fingerprint density at radius 3 is 2.58 bits per heavy atom. The van der Waals surface area contributed by atoms with Gasteiger partial charge in [0, 0.05) is 6.04 Å². The van der Waals surface area contributed by atoms with E-state index in [2.05, 4.69) is 15.5 Å². The number of rotatable bonds is 2. The highest BCUT2D eigenvalue weighted by molar-refractivity contribution is 7.15. The molecule has 0 aromatic carbocycles. The molecule has 1 amide bonds. The van der Waals surface area contributed by atoms with Crippen LogP contribution in [0.4, 0.5) is 23.1 Å². The minimum absolute atomic E-state index is 0.0531. The second kappa shape index (κ2) is 5.75. The lowest BCUT2D eigenvalue weighted by Crippen LogP contribution is -2.42. The molecule has 0 spiro atoms.